The zero-order valence-corrected chi connectivity index (χ0v) is 6.82. The maximum Gasteiger partial charge on any atom is 0.185 e. The summed E-state index contributed by atoms with van der Waals surface area (Å²) in [4.78, 5) is 21.3. The van der Waals surface area contributed by atoms with Gasteiger partial charge in [-0.3, -0.25) is 4.79 Å². The maximum absolute atomic E-state index is 11.0. The topological polar surface area (TPSA) is 57.2 Å². The van der Waals surface area contributed by atoms with Gasteiger partial charge in [0.2, 0.25) is 0 Å². The van der Waals surface area contributed by atoms with Gasteiger partial charge in [-0.05, 0) is 11.6 Å². The molecule has 0 aliphatic carbocycles. The summed E-state index contributed by atoms with van der Waals surface area (Å²) in [6.45, 7) is 3.32. The van der Waals surface area contributed by atoms with Crippen molar-refractivity contribution in [2.45, 2.75) is 0 Å². The van der Waals surface area contributed by atoms with E-state index < -0.39 is 5.97 Å². The fraction of sp³-hybridized carbons (Fsp3) is 0. The number of hydrogen-bond donors (Lipinski definition) is 0. The molecule has 66 valence electrons. The molecule has 13 heavy (non-hydrogen) atoms. The summed E-state index contributed by atoms with van der Waals surface area (Å²) in [6, 6.07) is 5.50. The molecule has 0 bridgehead atoms. The Balaban J connectivity index is 3.00. The number of rotatable bonds is 3. The number of ketones is 1. The quantitative estimate of drug-likeness (QED) is 0.494. The molecule has 0 atom stereocenters. The van der Waals surface area contributed by atoms with Crippen LogP contribution in [-0.2, 0) is 0 Å². The highest BCUT2D eigenvalue weighted by molar-refractivity contribution is 6.04. The highest BCUT2D eigenvalue weighted by atomic mass is 16.4. The summed E-state index contributed by atoms with van der Waals surface area (Å²) in [5.41, 5.74) is 0.473. The normalized spacial score (nSPS) is 9.23. The molecule has 0 N–H and O–H groups in total. The molecule has 3 heteroatoms. The molecular formula is C10H7O3-. The van der Waals surface area contributed by atoms with Crippen molar-refractivity contribution in [3.8, 4) is 0 Å². The Labute approximate surface area is 75.3 Å². The van der Waals surface area contributed by atoms with E-state index in [0.717, 1.165) is 0 Å². The molecule has 0 aliphatic heterocycles. The van der Waals surface area contributed by atoms with E-state index in [9.17, 15) is 14.7 Å². The van der Waals surface area contributed by atoms with Crippen molar-refractivity contribution >= 4 is 11.8 Å². The Kier molecular flexibility index (Phi) is 2.59. The largest absolute Gasteiger partial charge is 0.545 e. The van der Waals surface area contributed by atoms with Gasteiger partial charge in [0, 0.05) is 5.56 Å². The summed E-state index contributed by atoms with van der Waals surface area (Å²) in [7, 11) is 0. The van der Waals surface area contributed by atoms with Crippen LogP contribution in [0.5, 0.6) is 0 Å². The molecule has 0 amide bonds. The van der Waals surface area contributed by atoms with Crippen molar-refractivity contribution < 1.29 is 14.7 Å². The van der Waals surface area contributed by atoms with Crippen molar-refractivity contribution in [1.29, 1.82) is 0 Å². The van der Waals surface area contributed by atoms with Gasteiger partial charge < -0.3 is 9.90 Å². The van der Waals surface area contributed by atoms with Gasteiger partial charge in [0.1, 0.15) is 0 Å². The Morgan fingerprint density at radius 1 is 1.15 bits per heavy atom. The first kappa shape index (κ1) is 9.19. The first-order valence-corrected chi connectivity index (χ1v) is 3.63. The van der Waals surface area contributed by atoms with Gasteiger partial charge in [0.25, 0.3) is 0 Å². The fourth-order valence-electron chi connectivity index (χ4n) is 0.888. The lowest BCUT2D eigenvalue weighted by atomic mass is 10.1. The van der Waals surface area contributed by atoms with Crippen LogP contribution in [0.1, 0.15) is 20.7 Å². The third-order valence-corrected chi connectivity index (χ3v) is 1.59. The first-order valence-electron chi connectivity index (χ1n) is 3.63. The minimum Gasteiger partial charge on any atom is -0.545 e. The second kappa shape index (κ2) is 3.67. The third kappa shape index (κ3) is 2.02. The van der Waals surface area contributed by atoms with E-state index in [1.54, 1.807) is 0 Å². The molecular weight excluding hydrogens is 168 g/mol. The van der Waals surface area contributed by atoms with Crippen molar-refractivity contribution in [2.75, 3.05) is 0 Å². The molecule has 0 radical (unpaired) electrons. The number of carbonyl (C=O) groups excluding carboxylic acids is 2. The van der Waals surface area contributed by atoms with E-state index in [0.29, 0.717) is 5.56 Å². The van der Waals surface area contributed by atoms with E-state index in [2.05, 4.69) is 6.58 Å². The van der Waals surface area contributed by atoms with Crippen LogP contribution in [0.25, 0.3) is 0 Å². The average molecular weight is 175 g/mol. The Bertz CT molecular complexity index is 349. The molecule has 0 heterocycles. The summed E-state index contributed by atoms with van der Waals surface area (Å²) < 4.78 is 0. The second-order valence-corrected chi connectivity index (χ2v) is 2.43. The molecule has 0 saturated heterocycles. The van der Waals surface area contributed by atoms with E-state index >= 15 is 0 Å². The van der Waals surface area contributed by atoms with E-state index in [-0.39, 0.29) is 11.3 Å². The van der Waals surface area contributed by atoms with Crippen molar-refractivity contribution in [2.24, 2.45) is 0 Å². The summed E-state index contributed by atoms with van der Waals surface area (Å²) in [5, 5.41) is 10.3. The van der Waals surface area contributed by atoms with Crippen molar-refractivity contribution in [3.05, 3.63) is 48.0 Å². The smallest absolute Gasteiger partial charge is 0.185 e. The lowest BCUT2D eigenvalue weighted by Gasteiger charge is -2.01. The summed E-state index contributed by atoms with van der Waals surface area (Å²) >= 11 is 0. The van der Waals surface area contributed by atoms with Gasteiger partial charge in [-0.1, -0.05) is 30.8 Å². The van der Waals surface area contributed by atoms with Crippen LogP contribution in [0.2, 0.25) is 0 Å². The predicted octanol–water partition coefficient (Wildman–Crippen LogP) is 0.419. The van der Waals surface area contributed by atoms with Gasteiger partial charge in [0.05, 0.1) is 5.97 Å². The van der Waals surface area contributed by atoms with E-state index in [4.69, 9.17) is 0 Å². The van der Waals surface area contributed by atoms with Gasteiger partial charge in [-0.15, -0.1) is 0 Å². The average Bonchev–Trinajstić information content (AvgIpc) is 2.17. The number of carboxylic acid groups (broad SMARTS) is 1. The van der Waals surface area contributed by atoms with Crippen LogP contribution in [0.15, 0.2) is 36.9 Å². The Hall–Kier alpha value is -1.90. The number of carboxylic acids is 1. The lowest BCUT2D eigenvalue weighted by molar-refractivity contribution is -0.255. The maximum atomic E-state index is 11.0. The van der Waals surface area contributed by atoms with Crippen LogP contribution in [0.4, 0.5) is 0 Å². The van der Waals surface area contributed by atoms with E-state index in [1.165, 1.54) is 30.3 Å². The number of allylic oxidation sites excluding steroid dienone is 1. The Morgan fingerprint density at radius 2 is 1.62 bits per heavy atom. The van der Waals surface area contributed by atoms with Gasteiger partial charge in [0.15, 0.2) is 5.78 Å². The monoisotopic (exact) mass is 175 g/mol. The van der Waals surface area contributed by atoms with Crippen molar-refractivity contribution in [3.63, 3.8) is 0 Å². The third-order valence-electron chi connectivity index (χ3n) is 1.59. The predicted molar refractivity (Wildman–Crippen MR) is 45.3 cm³/mol. The van der Waals surface area contributed by atoms with Crippen LogP contribution in [-0.4, -0.2) is 11.8 Å². The Morgan fingerprint density at radius 3 is 2.00 bits per heavy atom. The van der Waals surface area contributed by atoms with Gasteiger partial charge >= 0.3 is 0 Å². The molecule has 0 unspecified atom stereocenters. The molecule has 3 nitrogen and oxygen atoms in total. The first-order chi connectivity index (χ1) is 6.15. The van der Waals surface area contributed by atoms with Crippen molar-refractivity contribution in [1.82, 2.24) is 0 Å². The number of carbonyl (C=O) groups is 2. The van der Waals surface area contributed by atoms with Gasteiger partial charge in [-0.2, -0.15) is 0 Å². The second-order valence-electron chi connectivity index (χ2n) is 2.43. The highest BCUT2D eigenvalue weighted by Crippen LogP contribution is 2.04. The zero-order chi connectivity index (χ0) is 9.84. The molecule has 0 spiro atoms. The molecule has 1 aromatic rings. The lowest BCUT2D eigenvalue weighted by Crippen LogP contribution is -2.22. The van der Waals surface area contributed by atoms with E-state index in [1.807, 2.05) is 0 Å². The molecule has 0 fully saturated rings. The highest BCUT2D eigenvalue weighted by Gasteiger charge is 2.00. The minimum atomic E-state index is -1.25. The molecule has 0 saturated carbocycles. The minimum absolute atomic E-state index is 0.0561. The molecule has 0 aliphatic rings. The van der Waals surface area contributed by atoms with Crippen LogP contribution in [0.3, 0.4) is 0 Å². The van der Waals surface area contributed by atoms with Crippen LogP contribution >= 0.6 is 0 Å². The number of benzene rings is 1. The SMILES string of the molecule is C=CC(=O)c1ccc(C(=O)[O-])cc1. The van der Waals surface area contributed by atoms with Gasteiger partial charge in [-0.25, -0.2) is 0 Å². The summed E-state index contributed by atoms with van der Waals surface area (Å²) in [6.07, 6.45) is 1.17. The molecule has 1 rings (SSSR count). The summed E-state index contributed by atoms with van der Waals surface area (Å²) in [5.74, 6) is -1.48. The van der Waals surface area contributed by atoms with Crippen LogP contribution in [0, 0.1) is 0 Å². The number of aromatic carboxylic acids is 1. The number of hydrogen-bond acceptors (Lipinski definition) is 3. The molecule has 0 aromatic heterocycles. The van der Waals surface area contributed by atoms with Crippen LogP contribution < -0.4 is 5.11 Å². The molecule has 1 aromatic carbocycles. The standard InChI is InChI=1S/C10H8O3/c1-2-9(11)7-3-5-8(6-4-7)10(12)13/h2-6H,1H2,(H,12,13)/p-1. The fourth-order valence-corrected chi connectivity index (χ4v) is 0.888. The zero-order valence-electron chi connectivity index (χ0n) is 6.82.